The molecule has 0 atom stereocenters. The molecular formula is C45H31N3O2. The molecule has 1 aliphatic heterocycles. The highest BCUT2D eigenvalue weighted by Crippen LogP contribution is 2.46. The van der Waals surface area contributed by atoms with Crippen LogP contribution in [0.5, 0.6) is 11.5 Å². The monoisotopic (exact) mass is 645 g/mol. The molecule has 50 heavy (non-hydrogen) atoms. The first-order valence-electron chi connectivity index (χ1n) is 16.7. The first-order valence-corrected chi connectivity index (χ1v) is 16.7. The normalized spacial score (nSPS) is 13.1. The average Bonchev–Trinajstić information content (AvgIpc) is 3.43. The van der Waals surface area contributed by atoms with Crippen molar-refractivity contribution in [2.24, 2.45) is 0 Å². The third-order valence-electron chi connectivity index (χ3n) is 9.30. The lowest BCUT2D eigenvalue weighted by molar-refractivity contribution is -0.0778. The number of fused-ring (bicyclic) bond motifs is 6. The molecule has 0 saturated heterocycles. The summed E-state index contributed by atoms with van der Waals surface area (Å²) in [5.41, 5.74) is 11.6. The summed E-state index contributed by atoms with van der Waals surface area (Å²) in [6, 6.07) is 54.1. The van der Waals surface area contributed by atoms with E-state index in [1.807, 2.05) is 86.6 Å². The Balaban J connectivity index is 1.21. The largest absolute Gasteiger partial charge is 0.452 e. The van der Waals surface area contributed by atoms with Gasteiger partial charge in [-0.15, -0.1) is 0 Å². The van der Waals surface area contributed by atoms with Gasteiger partial charge in [-0.3, -0.25) is 0 Å². The molecule has 0 bridgehead atoms. The average molecular weight is 646 g/mol. The van der Waals surface area contributed by atoms with Crippen molar-refractivity contribution in [2.45, 2.75) is 19.6 Å². The highest BCUT2D eigenvalue weighted by Gasteiger charge is 2.30. The number of benzene rings is 6. The summed E-state index contributed by atoms with van der Waals surface area (Å²) in [4.78, 5) is 5.07. The highest BCUT2D eigenvalue weighted by molar-refractivity contribution is 6.09. The first kappa shape index (κ1) is 29.5. The molecule has 0 unspecified atom stereocenters. The predicted octanol–water partition coefficient (Wildman–Crippen LogP) is 11.2. The van der Waals surface area contributed by atoms with Gasteiger partial charge in [0.1, 0.15) is 11.5 Å². The maximum atomic E-state index is 9.63. The molecular weight excluding hydrogens is 615 g/mol. The van der Waals surface area contributed by atoms with Crippen molar-refractivity contribution < 1.29 is 9.47 Å². The Morgan fingerprint density at radius 2 is 1.20 bits per heavy atom. The van der Waals surface area contributed by atoms with Crippen LogP contribution in [0.25, 0.3) is 72.3 Å². The van der Waals surface area contributed by atoms with E-state index >= 15 is 0 Å². The van der Waals surface area contributed by atoms with Crippen LogP contribution in [-0.4, -0.2) is 15.3 Å². The Morgan fingerprint density at radius 1 is 0.540 bits per heavy atom. The fourth-order valence-electron chi connectivity index (χ4n) is 7.05. The Bertz CT molecular complexity index is 2580. The molecule has 0 N–H and O–H groups in total. The highest BCUT2D eigenvalue weighted by atomic mass is 16.7. The molecule has 9 rings (SSSR count). The molecule has 0 fully saturated rings. The van der Waals surface area contributed by atoms with Crippen molar-refractivity contribution in [1.82, 2.24) is 9.55 Å². The van der Waals surface area contributed by atoms with Gasteiger partial charge in [0.05, 0.1) is 34.1 Å². The second-order valence-electron chi connectivity index (χ2n) is 13.0. The number of ether oxygens (including phenoxy) is 2. The van der Waals surface area contributed by atoms with Crippen LogP contribution in [0, 0.1) is 11.3 Å². The van der Waals surface area contributed by atoms with Crippen molar-refractivity contribution in [3.63, 3.8) is 0 Å². The van der Waals surface area contributed by atoms with Crippen LogP contribution in [0.2, 0.25) is 0 Å². The lowest BCUT2D eigenvalue weighted by Crippen LogP contribution is -2.34. The van der Waals surface area contributed by atoms with Crippen molar-refractivity contribution in [1.29, 1.82) is 5.26 Å². The van der Waals surface area contributed by atoms with E-state index in [-0.39, 0.29) is 0 Å². The van der Waals surface area contributed by atoms with Crippen LogP contribution in [0.15, 0.2) is 152 Å². The smallest absolute Gasteiger partial charge is 0.245 e. The number of hydrogen-bond acceptors (Lipinski definition) is 4. The zero-order valence-electron chi connectivity index (χ0n) is 27.6. The molecule has 0 radical (unpaired) electrons. The van der Waals surface area contributed by atoms with Crippen LogP contribution in [0.1, 0.15) is 19.4 Å². The maximum Gasteiger partial charge on any atom is 0.245 e. The van der Waals surface area contributed by atoms with Crippen LogP contribution in [-0.2, 0) is 0 Å². The molecule has 238 valence electrons. The Kier molecular flexibility index (Phi) is 6.79. The van der Waals surface area contributed by atoms with Gasteiger partial charge in [-0.2, -0.15) is 5.26 Å². The number of aromatic nitrogens is 2. The SMILES string of the molecule is CC1(C)Oc2cc(-c3cc(-c4ccccc4)nc(-c4ccccc4)c3)ccc2-c2cc(-n3c4ccccc4c4cc(C#N)ccc43)ccc2O1. The minimum atomic E-state index is -0.913. The standard InChI is InChI=1S/C45H31N3O2/c1-45(2)49-43-22-19-34(48-41-16-10-9-15-35(41)37-23-29(28-46)17-21-42(37)48)27-38(43)36-20-18-32(26-44(36)50-45)33-24-39(30-11-5-3-6-12-30)47-40(25-33)31-13-7-4-8-14-31/h3-27H,1-2H3. The van der Waals surface area contributed by atoms with Gasteiger partial charge >= 0.3 is 0 Å². The van der Waals surface area contributed by atoms with Crippen LogP contribution >= 0.6 is 0 Å². The maximum absolute atomic E-state index is 9.63. The summed E-state index contributed by atoms with van der Waals surface area (Å²) in [6.45, 7) is 3.89. The van der Waals surface area contributed by atoms with Crippen molar-refractivity contribution in [3.8, 4) is 68.0 Å². The van der Waals surface area contributed by atoms with Gasteiger partial charge < -0.3 is 14.0 Å². The predicted molar refractivity (Wildman–Crippen MR) is 200 cm³/mol. The van der Waals surface area contributed by atoms with Crippen molar-refractivity contribution in [2.75, 3.05) is 0 Å². The second kappa shape index (κ2) is 11.5. The van der Waals surface area contributed by atoms with Crippen LogP contribution < -0.4 is 9.47 Å². The second-order valence-corrected chi connectivity index (χ2v) is 13.0. The van der Waals surface area contributed by atoms with Gasteiger partial charge in [-0.1, -0.05) is 84.9 Å². The molecule has 5 nitrogen and oxygen atoms in total. The molecule has 0 aliphatic carbocycles. The Hall–Kier alpha value is -6.64. The van der Waals surface area contributed by atoms with Crippen LogP contribution in [0.4, 0.5) is 0 Å². The van der Waals surface area contributed by atoms with E-state index in [1.165, 1.54) is 0 Å². The summed E-state index contributed by atoms with van der Waals surface area (Å²) in [7, 11) is 0. The Labute approximate surface area is 290 Å². The van der Waals surface area contributed by atoms with Gasteiger partial charge in [-0.25, -0.2) is 4.98 Å². The van der Waals surface area contributed by atoms with E-state index in [0.717, 1.165) is 83.8 Å². The summed E-state index contributed by atoms with van der Waals surface area (Å²) < 4.78 is 15.4. The molecule has 2 aromatic heterocycles. The fraction of sp³-hybridized carbons (Fsp3) is 0.0667. The third-order valence-corrected chi connectivity index (χ3v) is 9.30. The molecule has 3 heterocycles. The zero-order valence-corrected chi connectivity index (χ0v) is 27.6. The number of hydrogen-bond donors (Lipinski definition) is 0. The van der Waals surface area contributed by atoms with E-state index in [1.54, 1.807) is 0 Å². The Morgan fingerprint density at radius 3 is 1.92 bits per heavy atom. The van der Waals surface area contributed by atoms with Crippen molar-refractivity contribution >= 4 is 21.8 Å². The van der Waals surface area contributed by atoms with Gasteiger partial charge in [0.15, 0.2) is 0 Å². The quantitative estimate of drug-likeness (QED) is 0.191. The molecule has 0 amide bonds. The summed E-state index contributed by atoms with van der Waals surface area (Å²) in [5, 5.41) is 11.8. The fourth-order valence-corrected chi connectivity index (χ4v) is 7.05. The molecule has 0 saturated carbocycles. The topological polar surface area (TPSA) is 60.1 Å². The van der Waals surface area contributed by atoms with Gasteiger partial charge in [0, 0.05) is 52.6 Å². The minimum Gasteiger partial charge on any atom is -0.452 e. The first-order chi connectivity index (χ1) is 24.4. The van der Waals surface area contributed by atoms with Gasteiger partial charge in [0.25, 0.3) is 0 Å². The van der Waals surface area contributed by atoms with E-state index < -0.39 is 5.79 Å². The number of nitriles is 1. The van der Waals surface area contributed by atoms with Crippen LogP contribution in [0.3, 0.4) is 0 Å². The summed E-state index contributed by atoms with van der Waals surface area (Å²) in [6.07, 6.45) is 0. The van der Waals surface area contributed by atoms with E-state index in [9.17, 15) is 5.26 Å². The molecule has 5 heteroatoms. The minimum absolute atomic E-state index is 0.640. The summed E-state index contributed by atoms with van der Waals surface area (Å²) >= 11 is 0. The zero-order chi connectivity index (χ0) is 33.8. The number of para-hydroxylation sites is 1. The lowest BCUT2D eigenvalue weighted by atomic mass is 9.96. The molecule has 1 aliphatic rings. The molecule has 0 spiro atoms. The van der Waals surface area contributed by atoms with Crippen molar-refractivity contribution in [3.05, 3.63) is 157 Å². The van der Waals surface area contributed by atoms with E-state index in [4.69, 9.17) is 14.5 Å². The number of nitrogens with zero attached hydrogens (tertiary/aromatic N) is 3. The molecule has 6 aromatic carbocycles. The summed E-state index contributed by atoms with van der Waals surface area (Å²) in [5.74, 6) is 0.576. The van der Waals surface area contributed by atoms with Gasteiger partial charge in [-0.05, 0) is 77.9 Å². The van der Waals surface area contributed by atoms with E-state index in [0.29, 0.717) is 5.56 Å². The number of pyridine rings is 1. The lowest BCUT2D eigenvalue weighted by Gasteiger charge is -2.26. The molecule has 8 aromatic rings. The third kappa shape index (κ3) is 5.06. The van der Waals surface area contributed by atoms with E-state index in [2.05, 4.69) is 89.5 Å². The van der Waals surface area contributed by atoms with Gasteiger partial charge in [0.2, 0.25) is 5.79 Å². The number of rotatable bonds is 4.